The third kappa shape index (κ3) is 2.38. The zero-order valence-electron chi connectivity index (χ0n) is 8.52. The van der Waals surface area contributed by atoms with Gasteiger partial charge in [-0.05, 0) is 0 Å². The lowest BCUT2D eigenvalue weighted by Crippen LogP contribution is -2.07. The molecule has 4 nitrogen and oxygen atoms in total. The summed E-state index contributed by atoms with van der Waals surface area (Å²) < 4.78 is 0. The van der Waals surface area contributed by atoms with Crippen LogP contribution in [0.3, 0.4) is 0 Å². The molecule has 0 unspecified atom stereocenters. The van der Waals surface area contributed by atoms with E-state index in [2.05, 4.69) is 9.97 Å². The molecule has 0 atom stereocenters. The number of carbonyl (C=O) groups is 1. The fourth-order valence-electron chi connectivity index (χ4n) is 1.34. The van der Waals surface area contributed by atoms with Crippen LogP contribution in [0.25, 0.3) is 0 Å². The number of anilines is 1. The second kappa shape index (κ2) is 4.69. The molecule has 1 heterocycles. The number of rotatable bonds is 2. The first-order valence-electron chi connectivity index (χ1n) is 4.68. The average molecular weight is 268 g/mol. The third-order valence-electron chi connectivity index (χ3n) is 2.10. The number of nitrogen functional groups attached to an aromatic ring is 1. The third-order valence-corrected chi connectivity index (χ3v) is 2.65. The van der Waals surface area contributed by atoms with Crippen molar-refractivity contribution in [2.75, 3.05) is 5.73 Å². The molecule has 0 radical (unpaired) electrons. The molecule has 6 heteroatoms. The summed E-state index contributed by atoms with van der Waals surface area (Å²) in [6.07, 6.45) is 0. The Hall–Kier alpha value is -1.65. The molecule has 1 aromatic carbocycles. The first-order chi connectivity index (χ1) is 8.09. The van der Waals surface area contributed by atoms with Gasteiger partial charge in [-0.2, -0.15) is 0 Å². The number of aromatic nitrogens is 2. The predicted molar refractivity (Wildman–Crippen MR) is 66.3 cm³/mol. The van der Waals surface area contributed by atoms with Crippen LogP contribution < -0.4 is 5.73 Å². The van der Waals surface area contributed by atoms with E-state index in [1.165, 1.54) is 0 Å². The molecule has 0 bridgehead atoms. The summed E-state index contributed by atoms with van der Waals surface area (Å²) in [7, 11) is 0. The largest absolute Gasteiger partial charge is 0.368 e. The first kappa shape index (κ1) is 11.8. The molecule has 2 aromatic rings. The van der Waals surface area contributed by atoms with Crippen molar-refractivity contribution < 1.29 is 4.79 Å². The Morgan fingerprint density at radius 1 is 1.06 bits per heavy atom. The Bertz CT molecular complexity index is 549. The van der Waals surface area contributed by atoms with Crippen molar-refractivity contribution in [2.24, 2.45) is 0 Å². The Balaban J connectivity index is 2.52. The van der Waals surface area contributed by atoms with Crippen LogP contribution in [0.5, 0.6) is 0 Å². The smallest absolute Gasteiger partial charge is 0.222 e. The summed E-state index contributed by atoms with van der Waals surface area (Å²) in [5.74, 6) is -0.398. The van der Waals surface area contributed by atoms with Crippen molar-refractivity contribution in [3.63, 3.8) is 0 Å². The first-order valence-corrected chi connectivity index (χ1v) is 5.43. The van der Waals surface area contributed by atoms with Gasteiger partial charge in [-0.25, -0.2) is 9.97 Å². The Kier molecular flexibility index (Phi) is 3.26. The fraction of sp³-hybridized carbons (Fsp3) is 0. The highest BCUT2D eigenvalue weighted by Crippen LogP contribution is 2.24. The second-order valence-corrected chi connectivity index (χ2v) is 3.95. The van der Waals surface area contributed by atoms with Crippen molar-refractivity contribution in [2.45, 2.75) is 0 Å². The van der Waals surface area contributed by atoms with E-state index in [0.717, 1.165) is 0 Å². The van der Waals surface area contributed by atoms with Crippen LogP contribution in [0, 0.1) is 0 Å². The molecule has 0 amide bonds. The Morgan fingerprint density at radius 3 is 2.12 bits per heavy atom. The Labute approximate surface area is 107 Å². The molecule has 0 aliphatic rings. The SMILES string of the molecule is Nc1nc(Cl)c(C(=O)c2ccccc2)c(Cl)n1. The van der Waals surface area contributed by atoms with Gasteiger partial charge in [-0.3, -0.25) is 4.79 Å². The molecule has 1 aromatic heterocycles. The monoisotopic (exact) mass is 267 g/mol. The number of carbonyl (C=O) groups excluding carboxylic acids is 1. The lowest BCUT2D eigenvalue weighted by atomic mass is 10.1. The molecule has 0 spiro atoms. The molecule has 2 rings (SSSR count). The number of halogens is 2. The molecule has 17 heavy (non-hydrogen) atoms. The van der Waals surface area contributed by atoms with Crippen molar-refractivity contribution in [1.29, 1.82) is 0 Å². The number of nitrogens with two attached hydrogens (primary N) is 1. The van der Waals surface area contributed by atoms with Gasteiger partial charge < -0.3 is 5.73 Å². The van der Waals surface area contributed by atoms with Gasteiger partial charge in [-0.1, -0.05) is 53.5 Å². The highest BCUT2D eigenvalue weighted by Gasteiger charge is 2.19. The van der Waals surface area contributed by atoms with Crippen LogP contribution in [0.15, 0.2) is 30.3 Å². The van der Waals surface area contributed by atoms with E-state index < -0.39 is 0 Å². The normalized spacial score (nSPS) is 10.2. The van der Waals surface area contributed by atoms with E-state index in [1.54, 1.807) is 30.3 Å². The van der Waals surface area contributed by atoms with Gasteiger partial charge in [0.15, 0.2) is 5.78 Å². The van der Waals surface area contributed by atoms with Crippen LogP contribution in [0.1, 0.15) is 15.9 Å². The topological polar surface area (TPSA) is 68.9 Å². The van der Waals surface area contributed by atoms with Gasteiger partial charge in [0.2, 0.25) is 5.95 Å². The van der Waals surface area contributed by atoms with Gasteiger partial charge in [0.05, 0.1) is 5.56 Å². The number of hydrogen-bond acceptors (Lipinski definition) is 4. The summed E-state index contributed by atoms with van der Waals surface area (Å²) in [4.78, 5) is 19.5. The highest BCUT2D eigenvalue weighted by atomic mass is 35.5. The number of ketones is 1. The summed E-state index contributed by atoms with van der Waals surface area (Å²) >= 11 is 11.7. The summed E-state index contributed by atoms with van der Waals surface area (Å²) in [6, 6.07) is 8.61. The molecule has 0 fully saturated rings. The van der Waals surface area contributed by atoms with Gasteiger partial charge in [0.25, 0.3) is 0 Å². The number of hydrogen-bond donors (Lipinski definition) is 1. The van der Waals surface area contributed by atoms with Crippen LogP contribution in [-0.2, 0) is 0 Å². The molecule has 2 N–H and O–H groups in total. The zero-order chi connectivity index (χ0) is 12.4. The van der Waals surface area contributed by atoms with Crippen LogP contribution in [-0.4, -0.2) is 15.8 Å². The minimum Gasteiger partial charge on any atom is -0.368 e. The summed E-state index contributed by atoms with van der Waals surface area (Å²) in [5, 5.41) is -0.0901. The van der Waals surface area contributed by atoms with Crippen LogP contribution in [0.2, 0.25) is 10.3 Å². The molecule has 0 saturated heterocycles. The Morgan fingerprint density at radius 2 is 1.59 bits per heavy atom. The lowest BCUT2D eigenvalue weighted by molar-refractivity contribution is 0.103. The van der Waals surface area contributed by atoms with Crippen LogP contribution in [0.4, 0.5) is 5.95 Å². The van der Waals surface area contributed by atoms with Crippen molar-refractivity contribution in [3.8, 4) is 0 Å². The predicted octanol–water partition coefficient (Wildman–Crippen LogP) is 2.60. The van der Waals surface area contributed by atoms with Crippen molar-refractivity contribution in [1.82, 2.24) is 9.97 Å². The molecule has 0 saturated carbocycles. The standard InChI is InChI=1S/C11H7Cl2N3O/c12-9-7(10(13)16-11(14)15-9)8(17)6-4-2-1-3-5-6/h1-5H,(H2,14,15,16). The van der Waals surface area contributed by atoms with E-state index in [1.807, 2.05) is 0 Å². The molecule has 86 valence electrons. The van der Waals surface area contributed by atoms with Gasteiger partial charge in [0, 0.05) is 5.56 Å². The van der Waals surface area contributed by atoms with Gasteiger partial charge in [-0.15, -0.1) is 0 Å². The van der Waals surface area contributed by atoms with Crippen LogP contribution >= 0.6 is 23.2 Å². The van der Waals surface area contributed by atoms with Gasteiger partial charge in [0.1, 0.15) is 10.3 Å². The molecular formula is C11H7Cl2N3O. The maximum atomic E-state index is 12.1. The highest BCUT2D eigenvalue weighted by molar-refractivity contribution is 6.39. The summed E-state index contributed by atoms with van der Waals surface area (Å²) in [6.45, 7) is 0. The minimum absolute atomic E-state index is 0.0450. The van der Waals surface area contributed by atoms with E-state index in [0.29, 0.717) is 5.56 Å². The maximum absolute atomic E-state index is 12.1. The molecular weight excluding hydrogens is 261 g/mol. The maximum Gasteiger partial charge on any atom is 0.222 e. The molecule has 0 aliphatic carbocycles. The second-order valence-electron chi connectivity index (χ2n) is 3.23. The quantitative estimate of drug-likeness (QED) is 0.671. The summed E-state index contributed by atoms with van der Waals surface area (Å²) in [5.41, 5.74) is 5.89. The van der Waals surface area contributed by atoms with E-state index in [9.17, 15) is 4.79 Å². The van der Waals surface area contributed by atoms with E-state index >= 15 is 0 Å². The van der Waals surface area contributed by atoms with E-state index in [4.69, 9.17) is 28.9 Å². The van der Waals surface area contributed by atoms with Crippen molar-refractivity contribution >= 4 is 34.9 Å². The van der Waals surface area contributed by atoms with Gasteiger partial charge >= 0.3 is 0 Å². The van der Waals surface area contributed by atoms with Crippen molar-refractivity contribution in [3.05, 3.63) is 51.8 Å². The minimum atomic E-state index is -0.333. The number of benzene rings is 1. The fourth-order valence-corrected chi connectivity index (χ4v) is 1.92. The molecule has 0 aliphatic heterocycles. The number of nitrogens with zero attached hydrogens (tertiary/aromatic N) is 2. The van der Waals surface area contributed by atoms with E-state index in [-0.39, 0.29) is 27.6 Å². The lowest BCUT2D eigenvalue weighted by Gasteiger charge is -2.05. The average Bonchev–Trinajstić information content (AvgIpc) is 2.28. The zero-order valence-corrected chi connectivity index (χ0v) is 10.0.